The average Bonchev–Trinajstić information content (AvgIpc) is 2.98. The van der Waals surface area contributed by atoms with Crippen molar-refractivity contribution in [2.24, 2.45) is 11.8 Å². The summed E-state index contributed by atoms with van der Waals surface area (Å²) in [4.78, 5) is 2.43. The lowest BCUT2D eigenvalue weighted by atomic mass is 9.92. The van der Waals surface area contributed by atoms with Crippen molar-refractivity contribution in [3.05, 3.63) is 30.0 Å². The van der Waals surface area contributed by atoms with E-state index < -0.39 is 0 Å². The Hall–Kier alpha value is -1.39. The summed E-state index contributed by atoms with van der Waals surface area (Å²) in [7, 11) is 2.22. The molecule has 4 atom stereocenters. The molecule has 1 aromatic carbocycles. The molecule has 1 aromatic heterocycles. The summed E-state index contributed by atoms with van der Waals surface area (Å²) in [6.45, 7) is 8.11. The van der Waals surface area contributed by atoms with Crippen LogP contribution in [-0.4, -0.2) is 41.4 Å². The molecule has 2 aromatic rings. The van der Waals surface area contributed by atoms with Gasteiger partial charge in [-0.15, -0.1) is 0 Å². The number of fused-ring (bicyclic) bond motifs is 1. The van der Waals surface area contributed by atoms with Crippen LogP contribution in [0.5, 0.6) is 0 Å². The molecule has 24 heavy (non-hydrogen) atoms. The first-order chi connectivity index (χ1) is 11.6. The second-order valence-corrected chi connectivity index (χ2v) is 8.29. The van der Waals surface area contributed by atoms with Crippen molar-refractivity contribution in [1.29, 1.82) is 0 Å². The molecule has 0 unspecified atom stereocenters. The van der Waals surface area contributed by atoms with Gasteiger partial charge in [0.2, 0.25) is 0 Å². The van der Waals surface area contributed by atoms with E-state index in [1.54, 1.807) is 0 Å². The van der Waals surface area contributed by atoms with Crippen LogP contribution in [0.15, 0.2) is 24.4 Å². The van der Waals surface area contributed by atoms with E-state index >= 15 is 0 Å². The highest BCUT2D eigenvalue weighted by Gasteiger charge is 2.25. The van der Waals surface area contributed by atoms with Gasteiger partial charge in [-0.05, 0) is 56.3 Å². The summed E-state index contributed by atoms with van der Waals surface area (Å²) < 4.78 is 2.22. The van der Waals surface area contributed by atoms with Gasteiger partial charge < -0.3 is 10.2 Å². The number of nitrogens with zero attached hydrogens (tertiary/aromatic N) is 3. The summed E-state index contributed by atoms with van der Waals surface area (Å²) in [6.07, 6.45) is 6.02. The van der Waals surface area contributed by atoms with E-state index in [4.69, 9.17) is 5.10 Å². The molecule has 0 bridgehead atoms. The molecule has 1 N–H and O–H groups in total. The molecule has 0 radical (unpaired) electrons. The second-order valence-electron chi connectivity index (χ2n) is 8.29. The standard InChI is InChI=1S/C20H30N4/c1-14-4-7-19(21-10-14)16-5-6-17-12-24(22-20(17)9-16)18-8-15(2)11-23(3)13-18/h5-6,9,12,14-15,18-19,21H,4,7-8,10-11,13H2,1-3H3/t14-,15-,18-,19+/m0/s1. The first-order valence-corrected chi connectivity index (χ1v) is 9.49. The number of rotatable bonds is 2. The minimum absolute atomic E-state index is 0.497. The molecule has 4 heteroatoms. The van der Waals surface area contributed by atoms with Crippen LogP contribution in [0.1, 0.15) is 50.8 Å². The second kappa shape index (κ2) is 6.49. The smallest absolute Gasteiger partial charge is 0.0926 e. The molecular formula is C20H30N4. The lowest BCUT2D eigenvalue weighted by Gasteiger charge is -2.34. The van der Waals surface area contributed by atoms with Crippen LogP contribution in [0.25, 0.3) is 10.9 Å². The zero-order chi connectivity index (χ0) is 16.7. The van der Waals surface area contributed by atoms with E-state index in [0.29, 0.717) is 12.1 Å². The number of aromatic nitrogens is 2. The van der Waals surface area contributed by atoms with Crippen LogP contribution in [0.2, 0.25) is 0 Å². The summed E-state index contributed by atoms with van der Waals surface area (Å²) in [5.41, 5.74) is 2.54. The Bertz CT molecular complexity index is 689. The molecule has 0 spiro atoms. The molecule has 4 nitrogen and oxygen atoms in total. The largest absolute Gasteiger partial charge is 0.310 e. The fourth-order valence-electron chi connectivity index (χ4n) is 4.51. The van der Waals surface area contributed by atoms with Crippen molar-refractivity contribution in [3.63, 3.8) is 0 Å². The Morgan fingerprint density at radius 1 is 1.12 bits per heavy atom. The van der Waals surface area contributed by atoms with Crippen LogP contribution >= 0.6 is 0 Å². The Morgan fingerprint density at radius 2 is 2.00 bits per heavy atom. The lowest BCUT2D eigenvalue weighted by molar-refractivity contribution is 0.157. The molecule has 4 rings (SSSR count). The molecule has 3 heterocycles. The van der Waals surface area contributed by atoms with E-state index in [9.17, 15) is 0 Å². The van der Waals surface area contributed by atoms with Gasteiger partial charge in [0, 0.05) is 30.7 Å². The maximum absolute atomic E-state index is 4.94. The Labute approximate surface area is 145 Å². The molecule has 2 aliphatic rings. The zero-order valence-electron chi connectivity index (χ0n) is 15.2. The number of likely N-dealkylation sites (tertiary alicyclic amines) is 1. The van der Waals surface area contributed by atoms with Crippen molar-refractivity contribution < 1.29 is 0 Å². The predicted molar refractivity (Wildman–Crippen MR) is 99.2 cm³/mol. The predicted octanol–water partition coefficient (Wildman–Crippen LogP) is 3.61. The van der Waals surface area contributed by atoms with E-state index in [-0.39, 0.29) is 0 Å². The van der Waals surface area contributed by atoms with Crippen LogP contribution < -0.4 is 5.32 Å². The third-order valence-electron chi connectivity index (χ3n) is 5.81. The molecule has 2 saturated heterocycles. The number of hydrogen-bond donors (Lipinski definition) is 1. The van der Waals surface area contributed by atoms with Gasteiger partial charge >= 0.3 is 0 Å². The van der Waals surface area contributed by atoms with Gasteiger partial charge in [0.05, 0.1) is 11.6 Å². The first kappa shape index (κ1) is 16.1. The maximum atomic E-state index is 4.94. The molecule has 2 fully saturated rings. The van der Waals surface area contributed by atoms with E-state index in [2.05, 4.69) is 60.2 Å². The number of benzene rings is 1. The highest BCUT2D eigenvalue weighted by atomic mass is 15.3. The van der Waals surface area contributed by atoms with E-state index in [1.807, 2.05) is 0 Å². The SMILES string of the molecule is C[C@H]1CC[C@H](c2ccc3cn([C@H]4C[C@H](C)CN(C)C4)nc3c2)NC1. The number of likely N-dealkylation sites (N-methyl/N-ethyl adjacent to an activating group) is 1. The molecule has 0 aliphatic carbocycles. The fourth-order valence-corrected chi connectivity index (χ4v) is 4.51. The lowest BCUT2D eigenvalue weighted by Crippen LogP contribution is -2.38. The Balaban J connectivity index is 1.57. The average molecular weight is 326 g/mol. The van der Waals surface area contributed by atoms with Crippen molar-refractivity contribution >= 4 is 10.9 Å². The van der Waals surface area contributed by atoms with Crippen LogP contribution in [0.4, 0.5) is 0 Å². The van der Waals surface area contributed by atoms with Gasteiger partial charge in [0.15, 0.2) is 0 Å². The minimum Gasteiger partial charge on any atom is -0.310 e. The van der Waals surface area contributed by atoms with Gasteiger partial charge in [-0.25, -0.2) is 0 Å². The third-order valence-corrected chi connectivity index (χ3v) is 5.81. The van der Waals surface area contributed by atoms with Gasteiger partial charge in [-0.1, -0.05) is 26.0 Å². The number of hydrogen-bond acceptors (Lipinski definition) is 3. The molecule has 0 amide bonds. The van der Waals surface area contributed by atoms with Crippen molar-refractivity contribution in [3.8, 4) is 0 Å². The molecule has 2 aliphatic heterocycles. The van der Waals surface area contributed by atoms with E-state index in [0.717, 1.165) is 30.4 Å². The van der Waals surface area contributed by atoms with E-state index in [1.165, 1.54) is 36.8 Å². The van der Waals surface area contributed by atoms with Gasteiger partial charge in [0.25, 0.3) is 0 Å². The highest BCUT2D eigenvalue weighted by molar-refractivity contribution is 5.78. The monoisotopic (exact) mass is 326 g/mol. The summed E-state index contributed by atoms with van der Waals surface area (Å²) in [6, 6.07) is 7.84. The number of nitrogens with one attached hydrogen (secondary N) is 1. The zero-order valence-corrected chi connectivity index (χ0v) is 15.2. The normalized spacial score (nSPS) is 32.3. The molecule has 130 valence electrons. The topological polar surface area (TPSA) is 33.1 Å². The first-order valence-electron chi connectivity index (χ1n) is 9.49. The summed E-state index contributed by atoms with van der Waals surface area (Å²) >= 11 is 0. The number of piperidine rings is 2. The van der Waals surface area contributed by atoms with Gasteiger partial charge in [-0.3, -0.25) is 4.68 Å². The minimum atomic E-state index is 0.497. The van der Waals surface area contributed by atoms with Gasteiger partial charge in [-0.2, -0.15) is 5.10 Å². The van der Waals surface area contributed by atoms with Crippen LogP contribution in [-0.2, 0) is 0 Å². The fraction of sp³-hybridized carbons (Fsp3) is 0.650. The van der Waals surface area contributed by atoms with Crippen molar-refractivity contribution in [2.75, 3.05) is 26.7 Å². The Morgan fingerprint density at radius 3 is 2.75 bits per heavy atom. The van der Waals surface area contributed by atoms with Crippen molar-refractivity contribution in [1.82, 2.24) is 20.0 Å². The Kier molecular flexibility index (Phi) is 4.35. The van der Waals surface area contributed by atoms with Crippen molar-refractivity contribution in [2.45, 2.75) is 45.2 Å². The highest BCUT2D eigenvalue weighted by Crippen LogP contribution is 2.29. The third kappa shape index (κ3) is 3.22. The van der Waals surface area contributed by atoms with Crippen LogP contribution in [0, 0.1) is 11.8 Å². The molecule has 0 saturated carbocycles. The summed E-state index contributed by atoms with van der Waals surface area (Å²) in [5.74, 6) is 1.54. The quantitative estimate of drug-likeness (QED) is 0.915. The molecular weight excluding hydrogens is 296 g/mol. The maximum Gasteiger partial charge on any atom is 0.0926 e. The van der Waals surface area contributed by atoms with Gasteiger partial charge in [0.1, 0.15) is 0 Å². The summed E-state index contributed by atoms with van der Waals surface area (Å²) in [5, 5.41) is 9.90. The van der Waals surface area contributed by atoms with Crippen LogP contribution in [0.3, 0.4) is 0 Å².